The van der Waals surface area contributed by atoms with Gasteiger partial charge in [0.05, 0.1) is 20.0 Å². The third-order valence-electron chi connectivity index (χ3n) is 2.95. The van der Waals surface area contributed by atoms with E-state index in [1.54, 1.807) is 31.7 Å². The van der Waals surface area contributed by atoms with Crippen molar-refractivity contribution in [1.29, 1.82) is 0 Å². The van der Waals surface area contributed by atoms with Crippen LogP contribution in [0.15, 0.2) is 28.0 Å². The molecule has 1 amide bonds. The van der Waals surface area contributed by atoms with E-state index in [0.717, 1.165) is 9.90 Å². The van der Waals surface area contributed by atoms with Crippen molar-refractivity contribution < 1.29 is 14.3 Å². The zero-order chi connectivity index (χ0) is 15.9. The lowest BCUT2D eigenvalue weighted by Gasteiger charge is -2.18. The first-order valence-corrected chi connectivity index (χ1v) is 8.34. The van der Waals surface area contributed by atoms with Gasteiger partial charge in [-0.05, 0) is 17.7 Å². The monoisotopic (exact) mass is 339 g/mol. The Morgan fingerprint density at radius 2 is 2.09 bits per heavy atom. The van der Waals surface area contributed by atoms with Gasteiger partial charge in [-0.3, -0.25) is 4.79 Å². The second kappa shape index (κ2) is 8.00. The summed E-state index contributed by atoms with van der Waals surface area (Å²) in [6, 6.07) is 5.63. The Labute approximate surface area is 137 Å². The van der Waals surface area contributed by atoms with Crippen LogP contribution in [0.4, 0.5) is 0 Å². The zero-order valence-electron chi connectivity index (χ0n) is 12.6. The van der Waals surface area contributed by atoms with E-state index >= 15 is 0 Å². The second-order valence-corrected chi connectivity index (χ2v) is 6.49. The van der Waals surface area contributed by atoms with Crippen molar-refractivity contribution in [2.45, 2.75) is 10.9 Å². The van der Waals surface area contributed by atoms with Gasteiger partial charge in [0, 0.05) is 13.6 Å². The highest BCUT2D eigenvalue weighted by molar-refractivity contribution is 8.01. The Kier molecular flexibility index (Phi) is 6.02. The molecule has 118 valence electrons. The van der Waals surface area contributed by atoms with Crippen molar-refractivity contribution in [3.8, 4) is 11.5 Å². The predicted octanol–water partition coefficient (Wildman–Crippen LogP) is 2.31. The van der Waals surface area contributed by atoms with Crippen molar-refractivity contribution in [2.24, 2.45) is 0 Å². The van der Waals surface area contributed by atoms with Gasteiger partial charge < -0.3 is 14.4 Å². The average Bonchev–Trinajstić information content (AvgIpc) is 3.05. The number of ether oxygens (including phenoxy) is 2. The highest BCUT2D eigenvalue weighted by Crippen LogP contribution is 2.28. The number of methoxy groups -OCH3 is 2. The number of carbonyl (C=O) groups is 1. The molecule has 0 aliphatic carbocycles. The highest BCUT2D eigenvalue weighted by atomic mass is 32.2. The summed E-state index contributed by atoms with van der Waals surface area (Å²) in [6.45, 7) is 0.510. The summed E-state index contributed by atoms with van der Waals surface area (Å²) in [4.78, 5) is 13.8. The Morgan fingerprint density at radius 1 is 1.32 bits per heavy atom. The van der Waals surface area contributed by atoms with Crippen LogP contribution >= 0.6 is 23.1 Å². The number of amides is 1. The number of aromatic nitrogens is 2. The molecule has 0 atom stereocenters. The van der Waals surface area contributed by atoms with E-state index in [9.17, 15) is 4.79 Å². The minimum Gasteiger partial charge on any atom is -0.493 e. The molecule has 0 fully saturated rings. The van der Waals surface area contributed by atoms with Gasteiger partial charge in [-0.1, -0.05) is 29.2 Å². The third-order valence-corrected chi connectivity index (χ3v) is 4.80. The molecule has 0 saturated heterocycles. The van der Waals surface area contributed by atoms with Gasteiger partial charge in [0.2, 0.25) is 5.91 Å². The quantitative estimate of drug-likeness (QED) is 0.721. The van der Waals surface area contributed by atoms with E-state index in [1.807, 2.05) is 18.2 Å². The standard InChI is InChI=1S/C14H17N3O3S2/c1-17(13(18)8-21-14-16-15-9-22-14)7-10-4-5-11(19-2)12(6-10)20-3/h4-6,9H,7-8H2,1-3H3. The lowest BCUT2D eigenvalue weighted by Crippen LogP contribution is -2.27. The maximum absolute atomic E-state index is 12.1. The Bertz CT molecular complexity index is 620. The average molecular weight is 339 g/mol. The van der Waals surface area contributed by atoms with Gasteiger partial charge in [-0.15, -0.1) is 10.2 Å². The van der Waals surface area contributed by atoms with Crippen molar-refractivity contribution in [3.05, 3.63) is 29.3 Å². The summed E-state index contributed by atoms with van der Waals surface area (Å²) in [7, 11) is 4.97. The molecule has 0 bridgehead atoms. The van der Waals surface area contributed by atoms with Gasteiger partial charge in [-0.2, -0.15) is 0 Å². The molecule has 0 radical (unpaired) electrons. The summed E-state index contributed by atoms with van der Waals surface area (Å²) >= 11 is 2.83. The van der Waals surface area contributed by atoms with Crippen LogP contribution in [0.1, 0.15) is 5.56 Å². The summed E-state index contributed by atoms with van der Waals surface area (Å²) in [5.74, 6) is 1.71. The van der Waals surface area contributed by atoms with E-state index in [1.165, 1.54) is 23.1 Å². The van der Waals surface area contributed by atoms with Crippen LogP contribution < -0.4 is 9.47 Å². The van der Waals surface area contributed by atoms with E-state index in [-0.39, 0.29) is 5.91 Å². The first-order valence-electron chi connectivity index (χ1n) is 6.48. The molecule has 22 heavy (non-hydrogen) atoms. The molecule has 2 aromatic rings. The van der Waals surface area contributed by atoms with Crippen LogP contribution in [-0.4, -0.2) is 48.0 Å². The number of hydrogen-bond donors (Lipinski definition) is 0. The van der Waals surface area contributed by atoms with Crippen molar-refractivity contribution >= 4 is 29.0 Å². The SMILES string of the molecule is COc1ccc(CN(C)C(=O)CSc2nncs2)cc1OC. The van der Waals surface area contributed by atoms with Crippen molar-refractivity contribution in [1.82, 2.24) is 15.1 Å². The molecule has 0 saturated carbocycles. The lowest BCUT2D eigenvalue weighted by molar-refractivity contribution is -0.127. The Balaban J connectivity index is 1.93. The maximum atomic E-state index is 12.1. The van der Waals surface area contributed by atoms with Crippen LogP contribution in [0.25, 0.3) is 0 Å². The Morgan fingerprint density at radius 3 is 2.73 bits per heavy atom. The first-order chi connectivity index (χ1) is 10.6. The normalized spacial score (nSPS) is 10.3. The Hall–Kier alpha value is -1.80. The molecule has 1 aromatic carbocycles. The van der Waals surface area contributed by atoms with Crippen LogP contribution in [-0.2, 0) is 11.3 Å². The van der Waals surface area contributed by atoms with E-state index in [0.29, 0.717) is 23.8 Å². The van der Waals surface area contributed by atoms with Gasteiger partial charge in [0.15, 0.2) is 15.8 Å². The van der Waals surface area contributed by atoms with Gasteiger partial charge >= 0.3 is 0 Å². The number of rotatable bonds is 7. The fourth-order valence-corrected chi connectivity index (χ4v) is 3.23. The molecular formula is C14H17N3O3S2. The molecule has 8 heteroatoms. The fraction of sp³-hybridized carbons (Fsp3) is 0.357. The molecule has 2 rings (SSSR count). The second-order valence-electron chi connectivity index (χ2n) is 4.43. The van der Waals surface area contributed by atoms with Crippen molar-refractivity contribution in [3.63, 3.8) is 0 Å². The van der Waals surface area contributed by atoms with Gasteiger partial charge in [-0.25, -0.2) is 0 Å². The topological polar surface area (TPSA) is 64.5 Å². The number of benzene rings is 1. The third kappa shape index (κ3) is 4.35. The van der Waals surface area contributed by atoms with Crippen LogP contribution in [0, 0.1) is 0 Å². The molecule has 0 aliphatic rings. The largest absolute Gasteiger partial charge is 0.493 e. The number of thioether (sulfide) groups is 1. The van der Waals surface area contributed by atoms with Gasteiger partial charge in [0.1, 0.15) is 5.51 Å². The summed E-state index contributed by atoms with van der Waals surface area (Å²) in [5.41, 5.74) is 2.63. The van der Waals surface area contributed by atoms with Crippen LogP contribution in [0.3, 0.4) is 0 Å². The molecule has 1 aromatic heterocycles. The fourth-order valence-electron chi connectivity index (χ4n) is 1.80. The number of carbonyl (C=O) groups excluding carboxylic acids is 1. The maximum Gasteiger partial charge on any atom is 0.233 e. The lowest BCUT2D eigenvalue weighted by atomic mass is 10.2. The number of nitrogens with zero attached hydrogens (tertiary/aromatic N) is 3. The van der Waals surface area contributed by atoms with Crippen LogP contribution in [0.2, 0.25) is 0 Å². The molecular weight excluding hydrogens is 322 g/mol. The first kappa shape index (κ1) is 16.6. The van der Waals surface area contributed by atoms with E-state index in [4.69, 9.17) is 9.47 Å². The summed E-state index contributed by atoms with van der Waals surface area (Å²) in [6.07, 6.45) is 0. The smallest absolute Gasteiger partial charge is 0.233 e. The minimum atomic E-state index is 0.0370. The summed E-state index contributed by atoms with van der Waals surface area (Å²) in [5, 5.41) is 7.65. The van der Waals surface area contributed by atoms with Gasteiger partial charge in [0.25, 0.3) is 0 Å². The molecule has 0 spiro atoms. The molecule has 1 heterocycles. The number of hydrogen-bond acceptors (Lipinski definition) is 7. The summed E-state index contributed by atoms with van der Waals surface area (Å²) < 4.78 is 11.3. The molecule has 0 unspecified atom stereocenters. The molecule has 0 N–H and O–H groups in total. The van der Waals surface area contributed by atoms with Crippen LogP contribution in [0.5, 0.6) is 11.5 Å². The molecule has 6 nitrogen and oxygen atoms in total. The van der Waals surface area contributed by atoms with E-state index in [2.05, 4.69) is 10.2 Å². The minimum absolute atomic E-state index is 0.0370. The highest BCUT2D eigenvalue weighted by Gasteiger charge is 2.12. The predicted molar refractivity (Wildman–Crippen MR) is 86.7 cm³/mol. The molecule has 0 aliphatic heterocycles. The van der Waals surface area contributed by atoms with Crippen molar-refractivity contribution in [2.75, 3.05) is 27.0 Å². The zero-order valence-corrected chi connectivity index (χ0v) is 14.2. The van der Waals surface area contributed by atoms with E-state index < -0.39 is 0 Å².